The normalized spacial score (nSPS) is 22.4. The van der Waals surface area contributed by atoms with Gasteiger partial charge in [0.15, 0.2) is 0 Å². The molecule has 0 spiro atoms. The van der Waals surface area contributed by atoms with Gasteiger partial charge in [-0.25, -0.2) is 0 Å². The SMILES string of the molecule is Cc1cccc2c1NCCC2C(=O)n1nc2c(c1N)CNC(C)C2. The number of nitrogens with zero attached hydrogens (tertiary/aromatic N) is 2. The first kappa shape index (κ1) is 15.2. The molecule has 0 aliphatic carbocycles. The molecule has 2 atom stereocenters. The molecule has 2 unspecified atom stereocenters. The van der Waals surface area contributed by atoms with Crippen LogP contribution in [0.2, 0.25) is 0 Å². The maximum atomic E-state index is 13.2. The summed E-state index contributed by atoms with van der Waals surface area (Å²) in [6.07, 6.45) is 1.57. The lowest BCUT2D eigenvalue weighted by Crippen LogP contribution is -2.32. The largest absolute Gasteiger partial charge is 0.385 e. The number of benzene rings is 1. The van der Waals surface area contributed by atoms with Crippen LogP contribution in [0.4, 0.5) is 11.5 Å². The lowest BCUT2D eigenvalue weighted by Gasteiger charge is -2.27. The fraction of sp³-hybridized carbons (Fsp3) is 0.444. The van der Waals surface area contributed by atoms with Crippen molar-refractivity contribution < 1.29 is 4.79 Å². The highest BCUT2D eigenvalue weighted by atomic mass is 16.2. The summed E-state index contributed by atoms with van der Waals surface area (Å²) in [5, 5.41) is 11.3. The molecule has 0 saturated carbocycles. The number of nitrogen functional groups attached to an aromatic ring is 1. The molecule has 126 valence electrons. The summed E-state index contributed by atoms with van der Waals surface area (Å²) in [4.78, 5) is 13.2. The van der Waals surface area contributed by atoms with E-state index in [-0.39, 0.29) is 11.8 Å². The molecule has 24 heavy (non-hydrogen) atoms. The molecule has 0 radical (unpaired) electrons. The van der Waals surface area contributed by atoms with Crippen LogP contribution in [0, 0.1) is 6.92 Å². The van der Waals surface area contributed by atoms with E-state index in [9.17, 15) is 4.79 Å². The van der Waals surface area contributed by atoms with Crippen molar-refractivity contribution in [2.75, 3.05) is 17.6 Å². The van der Waals surface area contributed by atoms with Crippen LogP contribution < -0.4 is 16.4 Å². The van der Waals surface area contributed by atoms with Crippen LogP contribution in [-0.4, -0.2) is 28.3 Å². The highest BCUT2D eigenvalue weighted by Gasteiger charge is 2.32. The number of rotatable bonds is 1. The molecule has 0 amide bonds. The lowest BCUT2D eigenvalue weighted by atomic mass is 9.88. The van der Waals surface area contributed by atoms with Crippen LogP contribution in [-0.2, 0) is 13.0 Å². The third-order valence-electron chi connectivity index (χ3n) is 5.16. The molecule has 4 rings (SSSR count). The number of anilines is 2. The number of aryl methyl sites for hydroxylation is 1. The Hall–Kier alpha value is -2.34. The monoisotopic (exact) mass is 325 g/mol. The molecule has 0 fully saturated rings. The number of carbonyl (C=O) groups excluding carboxylic acids is 1. The molecule has 0 saturated heterocycles. The highest BCUT2D eigenvalue weighted by Crippen LogP contribution is 2.35. The highest BCUT2D eigenvalue weighted by molar-refractivity contribution is 5.90. The quantitative estimate of drug-likeness (QED) is 0.747. The second-order valence-electron chi connectivity index (χ2n) is 6.85. The van der Waals surface area contributed by atoms with E-state index in [2.05, 4.69) is 35.6 Å². The Bertz CT molecular complexity index is 810. The predicted molar refractivity (Wildman–Crippen MR) is 94.3 cm³/mol. The molecule has 1 aromatic carbocycles. The van der Waals surface area contributed by atoms with E-state index >= 15 is 0 Å². The Morgan fingerprint density at radius 3 is 3.08 bits per heavy atom. The molecule has 2 aromatic rings. The third-order valence-corrected chi connectivity index (χ3v) is 5.16. The second-order valence-corrected chi connectivity index (χ2v) is 6.85. The molecule has 0 bridgehead atoms. The van der Waals surface area contributed by atoms with Crippen molar-refractivity contribution in [3.8, 4) is 0 Å². The van der Waals surface area contributed by atoms with Gasteiger partial charge < -0.3 is 16.4 Å². The van der Waals surface area contributed by atoms with Crippen LogP contribution in [0.15, 0.2) is 18.2 Å². The third kappa shape index (κ3) is 2.29. The summed E-state index contributed by atoms with van der Waals surface area (Å²) in [5.41, 5.74) is 11.5. The minimum Gasteiger partial charge on any atom is -0.385 e. The van der Waals surface area contributed by atoms with Gasteiger partial charge >= 0.3 is 0 Å². The van der Waals surface area contributed by atoms with Crippen LogP contribution in [0.25, 0.3) is 0 Å². The standard InChI is InChI=1S/C18H23N5O/c1-10-4-3-5-12-13(6-7-20-16(10)12)18(24)23-17(19)14-9-21-11(2)8-15(14)22-23/h3-5,11,13,20-21H,6-9,19H2,1-2H3. The molecule has 4 N–H and O–H groups in total. The average Bonchev–Trinajstić information content (AvgIpc) is 2.90. The first-order valence-electron chi connectivity index (χ1n) is 8.53. The molecule has 3 heterocycles. The van der Waals surface area contributed by atoms with E-state index in [1.165, 1.54) is 4.68 Å². The second kappa shape index (κ2) is 5.63. The van der Waals surface area contributed by atoms with Crippen molar-refractivity contribution in [2.45, 2.75) is 45.2 Å². The maximum absolute atomic E-state index is 13.2. The number of fused-ring (bicyclic) bond motifs is 2. The predicted octanol–water partition coefficient (Wildman–Crippen LogP) is 2.05. The fourth-order valence-corrected chi connectivity index (χ4v) is 3.80. The Balaban J connectivity index is 1.73. The van der Waals surface area contributed by atoms with Crippen LogP contribution >= 0.6 is 0 Å². The molecule has 2 aliphatic rings. The van der Waals surface area contributed by atoms with Crippen LogP contribution in [0.5, 0.6) is 0 Å². The van der Waals surface area contributed by atoms with Crippen molar-refractivity contribution in [1.82, 2.24) is 15.1 Å². The topological polar surface area (TPSA) is 85.0 Å². The Labute approximate surface area is 141 Å². The number of nitrogens with two attached hydrogens (primary N) is 1. The number of aromatic nitrogens is 2. The first-order valence-corrected chi connectivity index (χ1v) is 8.53. The molecular weight excluding hydrogens is 302 g/mol. The lowest BCUT2D eigenvalue weighted by molar-refractivity contribution is 0.0859. The summed E-state index contributed by atoms with van der Waals surface area (Å²) in [5.74, 6) is 0.264. The number of hydrogen-bond donors (Lipinski definition) is 3. The van der Waals surface area contributed by atoms with E-state index in [1.807, 2.05) is 12.1 Å². The minimum atomic E-state index is -0.199. The van der Waals surface area contributed by atoms with Gasteiger partial charge in [-0.1, -0.05) is 18.2 Å². The minimum absolute atomic E-state index is 0.0251. The number of para-hydroxylation sites is 1. The zero-order valence-corrected chi connectivity index (χ0v) is 14.1. The van der Waals surface area contributed by atoms with Gasteiger partial charge in [-0.2, -0.15) is 9.78 Å². The van der Waals surface area contributed by atoms with Crippen molar-refractivity contribution in [3.05, 3.63) is 40.6 Å². The summed E-state index contributed by atoms with van der Waals surface area (Å²) >= 11 is 0. The number of hydrogen-bond acceptors (Lipinski definition) is 5. The van der Waals surface area contributed by atoms with Crippen molar-refractivity contribution in [1.29, 1.82) is 0 Å². The number of carbonyl (C=O) groups is 1. The summed E-state index contributed by atoms with van der Waals surface area (Å²) in [7, 11) is 0. The van der Waals surface area contributed by atoms with E-state index in [0.717, 1.165) is 47.5 Å². The summed E-state index contributed by atoms with van der Waals surface area (Å²) in [6, 6.07) is 6.45. The Morgan fingerprint density at radius 1 is 1.42 bits per heavy atom. The summed E-state index contributed by atoms with van der Waals surface area (Å²) in [6.45, 7) is 5.64. The van der Waals surface area contributed by atoms with Crippen molar-refractivity contribution in [2.24, 2.45) is 0 Å². The summed E-state index contributed by atoms with van der Waals surface area (Å²) < 4.78 is 1.44. The van der Waals surface area contributed by atoms with Crippen LogP contribution in [0.3, 0.4) is 0 Å². The molecule has 1 aromatic heterocycles. The molecular formula is C18H23N5O. The number of nitrogens with one attached hydrogen (secondary N) is 2. The van der Waals surface area contributed by atoms with Gasteiger partial charge in [-0.15, -0.1) is 0 Å². The van der Waals surface area contributed by atoms with Crippen molar-refractivity contribution in [3.63, 3.8) is 0 Å². The van der Waals surface area contributed by atoms with E-state index in [1.54, 1.807) is 0 Å². The maximum Gasteiger partial charge on any atom is 0.256 e. The van der Waals surface area contributed by atoms with E-state index in [4.69, 9.17) is 5.73 Å². The Morgan fingerprint density at radius 2 is 2.25 bits per heavy atom. The van der Waals surface area contributed by atoms with Gasteiger partial charge in [-0.3, -0.25) is 4.79 Å². The van der Waals surface area contributed by atoms with Gasteiger partial charge in [-0.05, 0) is 31.4 Å². The van der Waals surface area contributed by atoms with E-state index in [0.29, 0.717) is 18.4 Å². The Kier molecular flexibility index (Phi) is 3.57. The van der Waals surface area contributed by atoms with Gasteiger partial charge in [0.2, 0.25) is 0 Å². The zero-order chi connectivity index (χ0) is 16.8. The molecule has 6 nitrogen and oxygen atoms in total. The van der Waals surface area contributed by atoms with Gasteiger partial charge in [0, 0.05) is 36.8 Å². The fourth-order valence-electron chi connectivity index (χ4n) is 3.80. The van der Waals surface area contributed by atoms with E-state index < -0.39 is 0 Å². The smallest absolute Gasteiger partial charge is 0.256 e. The van der Waals surface area contributed by atoms with Gasteiger partial charge in [0.05, 0.1) is 11.6 Å². The van der Waals surface area contributed by atoms with Gasteiger partial charge in [0.1, 0.15) is 5.82 Å². The zero-order valence-electron chi connectivity index (χ0n) is 14.1. The van der Waals surface area contributed by atoms with Gasteiger partial charge in [0.25, 0.3) is 5.91 Å². The first-order chi connectivity index (χ1) is 11.6. The van der Waals surface area contributed by atoms with Crippen LogP contribution in [0.1, 0.15) is 46.4 Å². The average molecular weight is 325 g/mol. The molecule has 6 heteroatoms. The molecule has 2 aliphatic heterocycles. The van der Waals surface area contributed by atoms with Crippen molar-refractivity contribution >= 4 is 17.4 Å².